The zero-order valence-corrected chi connectivity index (χ0v) is 12.6. The van der Waals surface area contributed by atoms with E-state index in [4.69, 9.17) is 5.73 Å². The molecule has 1 aromatic rings. The molecule has 0 saturated carbocycles. The first kappa shape index (κ1) is 16.8. The van der Waals surface area contributed by atoms with Gasteiger partial charge in [-0.2, -0.15) is 13.2 Å². The summed E-state index contributed by atoms with van der Waals surface area (Å²) in [5.41, 5.74) is 5.95. The Morgan fingerprint density at radius 1 is 1.40 bits per heavy atom. The average molecular weight is 353 g/mol. The summed E-state index contributed by atoms with van der Waals surface area (Å²) < 4.78 is 38.3. The second-order valence-corrected chi connectivity index (χ2v) is 5.34. The normalized spacial score (nSPS) is 11.4. The van der Waals surface area contributed by atoms with Gasteiger partial charge in [-0.15, -0.1) is 0 Å². The van der Waals surface area contributed by atoms with E-state index in [9.17, 15) is 18.0 Å². The molecule has 1 aromatic carbocycles. The molecule has 2 N–H and O–H groups in total. The summed E-state index contributed by atoms with van der Waals surface area (Å²) in [4.78, 5) is 13.0. The van der Waals surface area contributed by atoms with Gasteiger partial charge < -0.3 is 10.6 Å². The van der Waals surface area contributed by atoms with Crippen LogP contribution >= 0.6 is 15.9 Å². The van der Waals surface area contributed by atoms with Crippen LogP contribution in [0.4, 0.5) is 18.9 Å². The van der Waals surface area contributed by atoms with Crippen molar-refractivity contribution >= 4 is 27.5 Å². The Bertz CT molecular complexity index is 477. The van der Waals surface area contributed by atoms with E-state index >= 15 is 0 Å². The first-order chi connectivity index (χ1) is 9.24. The van der Waals surface area contributed by atoms with E-state index in [0.717, 1.165) is 4.90 Å². The van der Waals surface area contributed by atoms with Crippen molar-refractivity contribution in [1.82, 2.24) is 4.90 Å². The highest BCUT2D eigenvalue weighted by Gasteiger charge is 2.33. The summed E-state index contributed by atoms with van der Waals surface area (Å²) in [6.45, 7) is 0.649. The first-order valence-electron chi connectivity index (χ1n) is 6.15. The number of halogens is 4. The summed E-state index contributed by atoms with van der Waals surface area (Å²) in [6.07, 6.45) is -3.21. The second kappa shape index (κ2) is 6.97. The van der Waals surface area contributed by atoms with Crippen LogP contribution in [0.1, 0.15) is 30.1 Å². The molecule has 0 aliphatic carbocycles. The second-order valence-electron chi connectivity index (χ2n) is 4.43. The molecule has 0 aromatic heterocycles. The lowest BCUT2D eigenvalue weighted by Gasteiger charge is -2.24. The lowest BCUT2D eigenvalue weighted by molar-refractivity contribution is -0.140. The fraction of sp³-hybridized carbons (Fsp3) is 0.462. The van der Waals surface area contributed by atoms with E-state index in [0.29, 0.717) is 17.3 Å². The molecule has 0 aliphatic heterocycles. The predicted molar refractivity (Wildman–Crippen MR) is 75.4 cm³/mol. The third-order valence-corrected chi connectivity index (χ3v) is 3.18. The van der Waals surface area contributed by atoms with Crippen LogP contribution in [0.2, 0.25) is 0 Å². The Hall–Kier alpha value is -1.24. The first-order valence-corrected chi connectivity index (χ1v) is 6.95. The van der Waals surface area contributed by atoms with E-state index in [2.05, 4.69) is 15.9 Å². The van der Waals surface area contributed by atoms with Crippen LogP contribution in [0, 0.1) is 0 Å². The van der Waals surface area contributed by atoms with Gasteiger partial charge in [0.1, 0.15) is 6.54 Å². The summed E-state index contributed by atoms with van der Waals surface area (Å²) >= 11 is 3.19. The fourth-order valence-corrected chi connectivity index (χ4v) is 2.10. The van der Waals surface area contributed by atoms with Crippen molar-refractivity contribution in [2.75, 3.05) is 18.8 Å². The monoisotopic (exact) mass is 352 g/mol. The van der Waals surface area contributed by atoms with Crippen LogP contribution in [-0.4, -0.2) is 30.1 Å². The van der Waals surface area contributed by atoms with Crippen molar-refractivity contribution < 1.29 is 18.0 Å². The van der Waals surface area contributed by atoms with Crippen LogP contribution in [0.25, 0.3) is 0 Å². The Morgan fingerprint density at radius 2 is 2.05 bits per heavy atom. The highest BCUT2D eigenvalue weighted by molar-refractivity contribution is 9.10. The number of unbranched alkanes of at least 4 members (excludes halogenated alkanes) is 1. The molecule has 20 heavy (non-hydrogen) atoms. The molecule has 0 unspecified atom stereocenters. The molecule has 1 rings (SSSR count). The van der Waals surface area contributed by atoms with Crippen LogP contribution in [0.5, 0.6) is 0 Å². The topological polar surface area (TPSA) is 46.3 Å². The lowest BCUT2D eigenvalue weighted by Crippen LogP contribution is -2.39. The van der Waals surface area contributed by atoms with Gasteiger partial charge in [0.15, 0.2) is 0 Å². The summed E-state index contributed by atoms with van der Waals surface area (Å²) in [5, 5.41) is 0. The van der Waals surface area contributed by atoms with Gasteiger partial charge in [0.05, 0.1) is 5.56 Å². The molecule has 0 radical (unpaired) electrons. The van der Waals surface area contributed by atoms with Crippen molar-refractivity contribution in [2.24, 2.45) is 0 Å². The maximum absolute atomic E-state index is 12.5. The molecule has 0 fully saturated rings. The molecule has 3 nitrogen and oxygen atoms in total. The SMILES string of the molecule is CCCCN(CC(F)(F)F)C(=O)c1ccc(Br)cc1N. The van der Waals surface area contributed by atoms with Gasteiger partial charge in [-0.3, -0.25) is 4.79 Å². The summed E-state index contributed by atoms with van der Waals surface area (Å²) in [5.74, 6) is -0.694. The molecule has 1 amide bonds. The minimum absolute atomic E-state index is 0.0599. The Balaban J connectivity index is 2.96. The van der Waals surface area contributed by atoms with Gasteiger partial charge in [0.25, 0.3) is 5.91 Å². The van der Waals surface area contributed by atoms with E-state index in [1.807, 2.05) is 6.92 Å². The van der Waals surface area contributed by atoms with Crippen molar-refractivity contribution in [3.8, 4) is 0 Å². The van der Waals surface area contributed by atoms with Gasteiger partial charge in [-0.1, -0.05) is 29.3 Å². The fourth-order valence-electron chi connectivity index (χ4n) is 1.72. The third kappa shape index (κ3) is 5.03. The molecule has 0 spiro atoms. The molecule has 0 heterocycles. The third-order valence-electron chi connectivity index (χ3n) is 2.68. The van der Waals surface area contributed by atoms with Crippen molar-refractivity contribution in [2.45, 2.75) is 25.9 Å². The van der Waals surface area contributed by atoms with Gasteiger partial charge in [0, 0.05) is 16.7 Å². The zero-order chi connectivity index (χ0) is 15.3. The van der Waals surface area contributed by atoms with Crippen LogP contribution < -0.4 is 5.73 Å². The maximum atomic E-state index is 12.5. The quantitative estimate of drug-likeness (QED) is 0.818. The predicted octanol–water partition coefficient (Wildman–Crippen LogP) is 3.84. The number of anilines is 1. The maximum Gasteiger partial charge on any atom is 0.406 e. The van der Waals surface area contributed by atoms with Crippen LogP contribution in [0.15, 0.2) is 22.7 Å². The number of carbonyl (C=O) groups excluding carboxylic acids is 1. The highest BCUT2D eigenvalue weighted by atomic mass is 79.9. The van der Waals surface area contributed by atoms with Crippen molar-refractivity contribution in [3.63, 3.8) is 0 Å². The lowest BCUT2D eigenvalue weighted by atomic mass is 10.1. The number of hydrogen-bond donors (Lipinski definition) is 1. The minimum Gasteiger partial charge on any atom is -0.398 e. The number of nitrogens with two attached hydrogens (primary N) is 1. The number of nitrogens with zero attached hydrogens (tertiary/aromatic N) is 1. The standard InChI is InChI=1S/C13H16BrF3N2O/c1-2-3-6-19(8-13(15,16)17)12(20)10-5-4-9(14)7-11(10)18/h4-5,7H,2-3,6,8,18H2,1H3. The molecular formula is C13H16BrF3N2O. The van der Waals surface area contributed by atoms with Gasteiger partial charge in [-0.05, 0) is 24.6 Å². The van der Waals surface area contributed by atoms with Crippen molar-refractivity contribution in [3.05, 3.63) is 28.2 Å². The Labute approximate surface area is 124 Å². The van der Waals surface area contributed by atoms with Gasteiger partial charge in [-0.25, -0.2) is 0 Å². The molecule has 0 bridgehead atoms. The van der Waals surface area contributed by atoms with Crippen LogP contribution in [-0.2, 0) is 0 Å². The van der Waals surface area contributed by atoms with Crippen molar-refractivity contribution in [1.29, 1.82) is 0 Å². The number of amides is 1. The molecule has 0 atom stereocenters. The van der Waals surface area contributed by atoms with E-state index in [1.165, 1.54) is 12.1 Å². The molecule has 0 aliphatic rings. The summed E-state index contributed by atoms with van der Waals surface area (Å²) in [6, 6.07) is 4.51. The van der Waals surface area contributed by atoms with E-state index in [1.54, 1.807) is 6.07 Å². The minimum atomic E-state index is -4.42. The number of carbonyl (C=O) groups is 1. The molecule has 7 heteroatoms. The van der Waals surface area contributed by atoms with Crippen LogP contribution in [0.3, 0.4) is 0 Å². The number of hydrogen-bond acceptors (Lipinski definition) is 2. The zero-order valence-electron chi connectivity index (χ0n) is 11.0. The largest absolute Gasteiger partial charge is 0.406 e. The van der Waals surface area contributed by atoms with Gasteiger partial charge in [0.2, 0.25) is 0 Å². The van der Waals surface area contributed by atoms with E-state index in [-0.39, 0.29) is 17.8 Å². The summed E-state index contributed by atoms with van der Waals surface area (Å²) in [7, 11) is 0. The highest BCUT2D eigenvalue weighted by Crippen LogP contribution is 2.23. The van der Waals surface area contributed by atoms with Gasteiger partial charge >= 0.3 is 6.18 Å². The number of nitrogen functional groups attached to an aromatic ring is 1. The number of alkyl halides is 3. The molecule has 112 valence electrons. The van der Waals surface area contributed by atoms with E-state index < -0.39 is 18.6 Å². The Morgan fingerprint density at radius 3 is 2.55 bits per heavy atom. The number of rotatable bonds is 5. The Kier molecular flexibility index (Phi) is 5.86. The average Bonchev–Trinajstić information content (AvgIpc) is 2.32. The smallest absolute Gasteiger partial charge is 0.398 e. The molecular weight excluding hydrogens is 337 g/mol. The number of benzene rings is 1. The molecule has 0 saturated heterocycles.